The fourth-order valence-corrected chi connectivity index (χ4v) is 5.78. The second-order valence-electron chi connectivity index (χ2n) is 7.84. The molecule has 3 aromatic rings. The molecule has 0 spiro atoms. The Morgan fingerprint density at radius 1 is 1.00 bits per heavy atom. The molecule has 0 saturated heterocycles. The van der Waals surface area contributed by atoms with Crippen LogP contribution in [0.15, 0.2) is 58.4 Å². The van der Waals surface area contributed by atoms with Crippen LogP contribution in [0.3, 0.4) is 0 Å². The molecule has 1 aromatic heterocycles. The van der Waals surface area contributed by atoms with Gasteiger partial charge in [0.2, 0.25) is 6.54 Å². The lowest BCUT2D eigenvalue weighted by Gasteiger charge is -2.18. The van der Waals surface area contributed by atoms with Crippen LogP contribution in [-0.4, -0.2) is 33.9 Å². The SMILES string of the molecule is Cc1cc(C)c(S(=O)(=O)n2ccc([C@@H](C[N+](=O)[O-])c3ccccc3[N+](=O)[O-])c(O)c2=O)c(C)c1. The molecule has 0 amide bonds. The Morgan fingerprint density at radius 2 is 1.59 bits per heavy atom. The molecule has 3 rings (SSSR count). The van der Waals surface area contributed by atoms with E-state index in [1.165, 1.54) is 18.2 Å². The molecule has 0 fully saturated rings. The zero-order chi connectivity index (χ0) is 25.4. The Balaban J connectivity index is 2.24. The van der Waals surface area contributed by atoms with Crippen molar-refractivity contribution < 1.29 is 23.4 Å². The maximum absolute atomic E-state index is 13.3. The lowest BCUT2D eigenvalue weighted by Crippen LogP contribution is -2.29. The third kappa shape index (κ3) is 4.39. The van der Waals surface area contributed by atoms with Gasteiger partial charge >= 0.3 is 5.56 Å². The van der Waals surface area contributed by atoms with Gasteiger partial charge in [-0.25, -0.2) is 12.4 Å². The van der Waals surface area contributed by atoms with E-state index < -0.39 is 49.3 Å². The molecular weight excluding hydrogens is 466 g/mol. The summed E-state index contributed by atoms with van der Waals surface area (Å²) in [6.07, 6.45) is 0.896. The monoisotopic (exact) mass is 487 g/mol. The molecule has 0 bridgehead atoms. The number of rotatable bonds is 7. The summed E-state index contributed by atoms with van der Waals surface area (Å²) in [6.45, 7) is 4.08. The average Bonchev–Trinajstić information content (AvgIpc) is 2.72. The number of hydrogen-bond donors (Lipinski definition) is 1. The van der Waals surface area contributed by atoms with Crippen LogP contribution < -0.4 is 5.56 Å². The number of aryl methyl sites for hydroxylation is 3. The van der Waals surface area contributed by atoms with E-state index in [9.17, 15) is 38.5 Å². The molecular formula is C22H21N3O8S. The smallest absolute Gasteiger partial charge is 0.306 e. The van der Waals surface area contributed by atoms with Gasteiger partial charge in [0, 0.05) is 28.3 Å². The fourth-order valence-electron chi connectivity index (χ4n) is 4.13. The molecule has 1 heterocycles. The zero-order valence-electron chi connectivity index (χ0n) is 18.5. The standard InChI is InChI=1S/C22H21N3O8S/c1-13-10-14(2)21(15(3)11-13)34(32,33)23-9-8-17(20(26)22(23)27)18(12-24(28)29)16-6-4-5-7-19(16)25(30)31/h4-11,18,26H,12H2,1-3H3/t18-/m0/s1. The summed E-state index contributed by atoms with van der Waals surface area (Å²) in [5.74, 6) is -2.41. The molecule has 11 nitrogen and oxygen atoms in total. The Kier molecular flexibility index (Phi) is 6.55. The highest BCUT2D eigenvalue weighted by atomic mass is 32.2. The van der Waals surface area contributed by atoms with Gasteiger partial charge in [0.15, 0.2) is 5.75 Å². The summed E-state index contributed by atoms with van der Waals surface area (Å²) in [6, 6.07) is 9.57. The molecule has 2 aromatic carbocycles. The minimum absolute atomic E-state index is 0.0928. The highest BCUT2D eigenvalue weighted by molar-refractivity contribution is 7.90. The van der Waals surface area contributed by atoms with Gasteiger partial charge in [0.1, 0.15) is 0 Å². The Hall–Kier alpha value is -4.06. The molecule has 0 aliphatic heterocycles. The second kappa shape index (κ2) is 9.06. The minimum atomic E-state index is -4.42. The van der Waals surface area contributed by atoms with Crippen molar-refractivity contribution in [3.05, 3.63) is 107 Å². The number of aromatic hydroxyl groups is 1. The van der Waals surface area contributed by atoms with Gasteiger partial charge in [0.05, 0.1) is 15.7 Å². The Labute approximate surface area is 194 Å². The molecule has 0 radical (unpaired) electrons. The predicted octanol–water partition coefficient (Wildman–Crippen LogP) is 3.03. The van der Waals surface area contributed by atoms with Crippen molar-refractivity contribution >= 4 is 15.7 Å². The van der Waals surface area contributed by atoms with Gasteiger partial charge in [-0.15, -0.1) is 0 Å². The first kappa shape index (κ1) is 24.6. The number of aromatic nitrogens is 1. The summed E-state index contributed by atoms with van der Waals surface area (Å²) in [4.78, 5) is 34.2. The Bertz CT molecular complexity index is 1450. The largest absolute Gasteiger partial charge is 0.503 e. The summed E-state index contributed by atoms with van der Waals surface area (Å²) in [5.41, 5.74) is -0.505. The second-order valence-corrected chi connectivity index (χ2v) is 9.59. The number of para-hydroxylation sites is 1. The van der Waals surface area contributed by atoms with Gasteiger partial charge in [-0.2, -0.15) is 0 Å². The van der Waals surface area contributed by atoms with Crippen molar-refractivity contribution in [3.63, 3.8) is 0 Å². The van der Waals surface area contributed by atoms with Gasteiger partial charge in [-0.1, -0.05) is 35.9 Å². The van der Waals surface area contributed by atoms with Crippen LogP contribution in [0, 0.1) is 41.0 Å². The van der Waals surface area contributed by atoms with Crippen LogP contribution >= 0.6 is 0 Å². The highest BCUT2D eigenvalue weighted by Crippen LogP contribution is 2.35. The van der Waals surface area contributed by atoms with Crippen LogP contribution in [0.1, 0.15) is 33.7 Å². The lowest BCUT2D eigenvalue weighted by molar-refractivity contribution is -0.482. The van der Waals surface area contributed by atoms with Crippen molar-refractivity contribution in [3.8, 4) is 5.75 Å². The number of nitro benzene ring substituents is 1. The third-order valence-electron chi connectivity index (χ3n) is 5.40. The third-order valence-corrected chi connectivity index (χ3v) is 7.37. The van der Waals surface area contributed by atoms with E-state index in [0.717, 1.165) is 23.9 Å². The first-order valence-corrected chi connectivity index (χ1v) is 11.4. The highest BCUT2D eigenvalue weighted by Gasteiger charge is 2.32. The first-order chi connectivity index (χ1) is 15.9. The predicted molar refractivity (Wildman–Crippen MR) is 122 cm³/mol. The van der Waals surface area contributed by atoms with Gasteiger partial charge in [0.25, 0.3) is 15.7 Å². The van der Waals surface area contributed by atoms with E-state index in [1.54, 1.807) is 32.9 Å². The number of hydrogen-bond acceptors (Lipinski definition) is 8. The zero-order valence-corrected chi connectivity index (χ0v) is 19.3. The van der Waals surface area contributed by atoms with Crippen molar-refractivity contribution in [1.29, 1.82) is 0 Å². The van der Waals surface area contributed by atoms with E-state index in [4.69, 9.17) is 0 Å². The minimum Gasteiger partial charge on any atom is -0.503 e. The molecule has 0 saturated carbocycles. The molecule has 1 N–H and O–H groups in total. The molecule has 0 aliphatic rings. The average molecular weight is 487 g/mol. The first-order valence-electron chi connectivity index (χ1n) is 9.99. The fraction of sp³-hybridized carbons (Fsp3) is 0.227. The van der Waals surface area contributed by atoms with E-state index in [1.807, 2.05) is 0 Å². The molecule has 178 valence electrons. The number of pyridine rings is 1. The van der Waals surface area contributed by atoms with Gasteiger partial charge < -0.3 is 5.11 Å². The van der Waals surface area contributed by atoms with Crippen molar-refractivity contribution in [2.45, 2.75) is 31.6 Å². The van der Waals surface area contributed by atoms with E-state index in [2.05, 4.69) is 0 Å². The van der Waals surface area contributed by atoms with Crippen LogP contribution in [0.2, 0.25) is 0 Å². The normalized spacial score (nSPS) is 12.3. The quantitative estimate of drug-likeness (QED) is 0.393. The van der Waals surface area contributed by atoms with E-state index >= 15 is 0 Å². The van der Waals surface area contributed by atoms with Crippen molar-refractivity contribution in [2.75, 3.05) is 6.54 Å². The van der Waals surface area contributed by atoms with Crippen LogP contribution in [-0.2, 0) is 10.0 Å². The maximum atomic E-state index is 13.3. The summed E-state index contributed by atoms with van der Waals surface area (Å²) >= 11 is 0. The molecule has 0 unspecified atom stereocenters. The van der Waals surface area contributed by atoms with Crippen LogP contribution in [0.4, 0.5) is 5.69 Å². The number of benzene rings is 2. The van der Waals surface area contributed by atoms with Crippen LogP contribution in [0.5, 0.6) is 5.75 Å². The molecule has 34 heavy (non-hydrogen) atoms. The van der Waals surface area contributed by atoms with E-state index in [-0.39, 0.29) is 16.0 Å². The number of nitrogens with zero attached hydrogens (tertiary/aromatic N) is 3. The molecule has 12 heteroatoms. The van der Waals surface area contributed by atoms with Gasteiger partial charge in [-0.3, -0.25) is 25.0 Å². The number of nitro groups is 2. The summed E-state index contributed by atoms with van der Waals surface area (Å²) in [7, 11) is -4.42. The lowest BCUT2D eigenvalue weighted by atomic mass is 9.90. The van der Waals surface area contributed by atoms with Crippen LogP contribution in [0.25, 0.3) is 0 Å². The van der Waals surface area contributed by atoms with Crippen molar-refractivity contribution in [2.24, 2.45) is 0 Å². The topological polar surface area (TPSA) is 163 Å². The molecule has 1 atom stereocenters. The van der Waals surface area contributed by atoms with Gasteiger partial charge in [-0.05, 0) is 38.0 Å². The van der Waals surface area contributed by atoms with E-state index in [0.29, 0.717) is 15.1 Å². The summed E-state index contributed by atoms with van der Waals surface area (Å²) < 4.78 is 26.9. The van der Waals surface area contributed by atoms with Crippen molar-refractivity contribution in [1.82, 2.24) is 3.97 Å². The maximum Gasteiger partial charge on any atom is 0.306 e. The molecule has 0 aliphatic carbocycles. The Morgan fingerprint density at radius 3 is 2.15 bits per heavy atom. The summed E-state index contributed by atoms with van der Waals surface area (Å²) in [5, 5.41) is 33.4.